The Morgan fingerprint density at radius 1 is 0.833 bits per heavy atom. The molecule has 2 aromatic carbocycles. The van der Waals surface area contributed by atoms with Crippen molar-refractivity contribution < 1.29 is 39.5 Å². The van der Waals surface area contributed by atoms with Gasteiger partial charge in [0, 0.05) is 11.6 Å². The van der Waals surface area contributed by atoms with Gasteiger partial charge in [-0.05, 0) is 12.1 Å². The van der Waals surface area contributed by atoms with Gasteiger partial charge in [0.25, 0.3) is 0 Å². The van der Waals surface area contributed by atoms with Crippen LogP contribution in [0.4, 0.5) is 0 Å². The molecule has 3 aromatic rings. The van der Waals surface area contributed by atoms with E-state index in [0.29, 0.717) is 16.7 Å². The fraction of sp³-hybridized carbons (Fsp3) is 0.238. The Kier molecular flexibility index (Phi) is 6.60. The predicted molar refractivity (Wildman–Crippen MR) is 104 cm³/mol. The lowest BCUT2D eigenvalue weighted by molar-refractivity contribution is -0.279. The molecule has 2 heterocycles. The topological polar surface area (TPSA) is 158 Å². The van der Waals surface area contributed by atoms with Gasteiger partial charge in [-0.2, -0.15) is 0 Å². The molecule has 158 valence electrons. The lowest BCUT2D eigenvalue weighted by atomic mass is 9.99. The molecule has 5 N–H and O–H groups in total. The Labute approximate surface area is 170 Å². The lowest BCUT2D eigenvalue weighted by Gasteiger charge is -2.36. The van der Waals surface area contributed by atoms with E-state index in [2.05, 4.69) is 4.74 Å². The molecule has 9 heteroatoms. The Balaban J connectivity index is 0.000000178. The molecule has 1 saturated heterocycles. The van der Waals surface area contributed by atoms with Crippen LogP contribution in [0.5, 0.6) is 0 Å². The molecule has 1 aromatic heterocycles. The van der Waals surface area contributed by atoms with E-state index in [1.807, 2.05) is 48.5 Å². The third kappa shape index (κ3) is 4.56. The zero-order valence-corrected chi connectivity index (χ0v) is 15.5. The number of hydrogen-bond acceptors (Lipinski definition) is 8. The first-order chi connectivity index (χ1) is 14.3. The molecule has 0 spiro atoms. The average Bonchev–Trinajstić information content (AvgIpc) is 2.75. The van der Waals surface area contributed by atoms with Gasteiger partial charge < -0.3 is 34.7 Å². The van der Waals surface area contributed by atoms with E-state index in [0.717, 1.165) is 5.56 Å². The third-order valence-electron chi connectivity index (χ3n) is 4.52. The molecule has 1 fully saturated rings. The van der Waals surface area contributed by atoms with Gasteiger partial charge in [0.05, 0.1) is 5.39 Å². The highest BCUT2D eigenvalue weighted by Crippen LogP contribution is 2.21. The van der Waals surface area contributed by atoms with Crippen molar-refractivity contribution >= 4 is 16.9 Å². The lowest BCUT2D eigenvalue weighted by Crippen LogP contribution is -2.59. The quantitative estimate of drug-likeness (QED) is 0.397. The first kappa shape index (κ1) is 21.6. The van der Waals surface area contributed by atoms with Crippen LogP contribution < -0.4 is 5.43 Å². The molecule has 4 rings (SSSR count). The van der Waals surface area contributed by atoms with Crippen molar-refractivity contribution in [2.45, 2.75) is 30.7 Å². The number of aliphatic carboxylic acids is 1. The van der Waals surface area contributed by atoms with Crippen LogP contribution in [0.25, 0.3) is 22.3 Å². The third-order valence-corrected chi connectivity index (χ3v) is 4.52. The number of rotatable bonds is 2. The minimum atomic E-state index is -1.81. The van der Waals surface area contributed by atoms with Gasteiger partial charge >= 0.3 is 5.97 Å². The number of carboxylic acids is 1. The molecule has 0 radical (unpaired) electrons. The van der Waals surface area contributed by atoms with Gasteiger partial charge in [-0.15, -0.1) is 0 Å². The first-order valence-corrected chi connectivity index (χ1v) is 8.98. The smallest absolute Gasteiger partial charge is 0.335 e. The molecule has 0 aliphatic carbocycles. The zero-order valence-electron chi connectivity index (χ0n) is 15.5. The van der Waals surface area contributed by atoms with E-state index >= 15 is 0 Å². The number of aliphatic hydroxyl groups excluding tert-OH is 4. The van der Waals surface area contributed by atoms with Crippen LogP contribution in [0.1, 0.15) is 0 Å². The van der Waals surface area contributed by atoms with Gasteiger partial charge in [-0.3, -0.25) is 4.79 Å². The SMILES string of the molecule is O=C(O)[C@H]1OC(O)[C@H](O)[C@@H](O)[C@@H]1O.O=c1cc(-c2ccccc2)oc2ccccc12. The number of benzene rings is 2. The number of carboxylic acid groups (broad SMARTS) is 1. The molecule has 0 amide bonds. The van der Waals surface area contributed by atoms with Crippen molar-refractivity contribution in [1.82, 2.24) is 0 Å². The van der Waals surface area contributed by atoms with Crippen LogP contribution in [-0.2, 0) is 9.53 Å². The summed E-state index contributed by atoms with van der Waals surface area (Å²) in [6.07, 6.45) is -8.72. The van der Waals surface area contributed by atoms with Crippen molar-refractivity contribution in [3.63, 3.8) is 0 Å². The summed E-state index contributed by atoms with van der Waals surface area (Å²) in [5, 5.41) is 45.0. The molecular formula is C21H20O9. The molecule has 1 aliphatic heterocycles. The number of hydrogen-bond donors (Lipinski definition) is 5. The van der Waals surface area contributed by atoms with Crippen LogP contribution in [-0.4, -0.2) is 62.2 Å². The summed E-state index contributed by atoms with van der Waals surface area (Å²) >= 11 is 0. The highest BCUT2D eigenvalue weighted by atomic mass is 16.6. The van der Waals surface area contributed by atoms with Crippen LogP contribution in [0.2, 0.25) is 0 Å². The van der Waals surface area contributed by atoms with E-state index in [9.17, 15) is 9.59 Å². The minimum absolute atomic E-state index is 0.00861. The maximum Gasteiger partial charge on any atom is 0.335 e. The van der Waals surface area contributed by atoms with E-state index in [1.165, 1.54) is 6.07 Å². The van der Waals surface area contributed by atoms with E-state index in [1.54, 1.807) is 6.07 Å². The molecule has 30 heavy (non-hydrogen) atoms. The maximum absolute atomic E-state index is 11.9. The molecule has 1 unspecified atom stereocenters. The monoisotopic (exact) mass is 416 g/mol. The molecule has 5 atom stereocenters. The van der Waals surface area contributed by atoms with Crippen molar-refractivity contribution in [3.8, 4) is 11.3 Å². The van der Waals surface area contributed by atoms with Crippen molar-refractivity contribution in [1.29, 1.82) is 0 Å². The van der Waals surface area contributed by atoms with Crippen LogP contribution >= 0.6 is 0 Å². The van der Waals surface area contributed by atoms with E-state index in [-0.39, 0.29) is 5.43 Å². The van der Waals surface area contributed by atoms with Crippen LogP contribution in [0, 0.1) is 0 Å². The molecule has 1 aliphatic rings. The fourth-order valence-corrected chi connectivity index (χ4v) is 2.91. The summed E-state index contributed by atoms with van der Waals surface area (Å²) in [6.45, 7) is 0. The number of fused-ring (bicyclic) bond motifs is 1. The molecule has 0 bridgehead atoms. The van der Waals surface area contributed by atoms with Gasteiger partial charge in [0.1, 0.15) is 29.7 Å². The average molecular weight is 416 g/mol. The van der Waals surface area contributed by atoms with Crippen molar-refractivity contribution in [2.75, 3.05) is 0 Å². The summed E-state index contributed by atoms with van der Waals surface area (Å²) in [6, 6.07) is 18.4. The summed E-state index contributed by atoms with van der Waals surface area (Å²) in [7, 11) is 0. The summed E-state index contributed by atoms with van der Waals surface area (Å²) in [5.74, 6) is -0.910. The van der Waals surface area contributed by atoms with Gasteiger partial charge in [0.2, 0.25) is 0 Å². The largest absolute Gasteiger partial charge is 0.479 e. The number of para-hydroxylation sites is 1. The number of carbonyl (C=O) groups is 1. The van der Waals surface area contributed by atoms with Gasteiger partial charge in [-0.25, -0.2) is 4.79 Å². The summed E-state index contributed by atoms with van der Waals surface area (Å²) < 4.78 is 10.1. The molecular weight excluding hydrogens is 396 g/mol. The fourth-order valence-electron chi connectivity index (χ4n) is 2.91. The predicted octanol–water partition coefficient (Wildman–Crippen LogP) is 0.331. The van der Waals surface area contributed by atoms with Crippen LogP contribution in [0.15, 0.2) is 69.9 Å². The minimum Gasteiger partial charge on any atom is -0.479 e. The Hall–Kier alpha value is -3.08. The maximum atomic E-state index is 11.9. The summed E-state index contributed by atoms with van der Waals surface area (Å²) in [5.41, 5.74) is 1.53. The van der Waals surface area contributed by atoms with Gasteiger partial charge in [-0.1, -0.05) is 42.5 Å². The standard InChI is InChI=1S/C15H10O2.C6H10O7/c16-13-10-15(11-6-2-1-3-7-11)17-14-9-5-4-8-12(13)14;7-1-2(8)4(5(10)11)13-6(12)3(1)9/h1-10H;1-4,6-9,12H,(H,10,11)/t;1-,2-,3+,4-,6?/m.0/s1. The second-order valence-corrected chi connectivity index (χ2v) is 6.59. The Bertz CT molecular complexity index is 1060. The highest BCUT2D eigenvalue weighted by Gasteiger charge is 2.46. The normalized spacial score (nSPS) is 25.9. The number of ether oxygens (including phenoxy) is 1. The number of aliphatic hydroxyl groups is 4. The van der Waals surface area contributed by atoms with Crippen LogP contribution in [0.3, 0.4) is 0 Å². The first-order valence-electron chi connectivity index (χ1n) is 8.98. The molecule has 9 nitrogen and oxygen atoms in total. The Morgan fingerprint density at radius 3 is 2.13 bits per heavy atom. The van der Waals surface area contributed by atoms with Crippen molar-refractivity contribution in [2.24, 2.45) is 0 Å². The molecule has 0 saturated carbocycles. The second-order valence-electron chi connectivity index (χ2n) is 6.59. The highest BCUT2D eigenvalue weighted by molar-refractivity contribution is 5.78. The van der Waals surface area contributed by atoms with E-state index < -0.39 is 36.7 Å². The van der Waals surface area contributed by atoms with Crippen molar-refractivity contribution in [3.05, 3.63) is 70.9 Å². The van der Waals surface area contributed by atoms with Gasteiger partial charge in [0.15, 0.2) is 17.8 Å². The Morgan fingerprint density at radius 2 is 1.47 bits per heavy atom. The summed E-state index contributed by atoms with van der Waals surface area (Å²) in [4.78, 5) is 22.3. The second kappa shape index (κ2) is 9.16. The zero-order chi connectivity index (χ0) is 21.8. The van der Waals surface area contributed by atoms with E-state index in [4.69, 9.17) is 29.9 Å².